The van der Waals surface area contributed by atoms with Gasteiger partial charge in [-0.15, -0.1) is 0 Å². The first-order valence-electron chi connectivity index (χ1n) is 7.62. The molecule has 1 unspecified atom stereocenters. The van der Waals surface area contributed by atoms with E-state index in [0.717, 1.165) is 12.1 Å². The number of aliphatic carboxylic acids is 1. The number of nitrogens with one attached hydrogen (secondary N) is 1. The van der Waals surface area contributed by atoms with Crippen molar-refractivity contribution >= 4 is 22.9 Å². The summed E-state index contributed by atoms with van der Waals surface area (Å²) in [5, 5.41) is 11.5. The first-order valence-corrected chi connectivity index (χ1v) is 7.62. The van der Waals surface area contributed by atoms with Crippen LogP contribution in [0.3, 0.4) is 0 Å². The number of amides is 1. The number of hydrogen-bond donors (Lipinski definition) is 2. The van der Waals surface area contributed by atoms with E-state index in [0.29, 0.717) is 17.1 Å². The molecule has 2 aromatic heterocycles. The monoisotopic (exact) mass is 357 g/mol. The Kier molecular flexibility index (Phi) is 4.83. The third-order valence-electron chi connectivity index (χ3n) is 3.74. The highest BCUT2D eigenvalue weighted by molar-refractivity contribution is 5.97. The summed E-state index contributed by atoms with van der Waals surface area (Å²) in [5.41, 5.74) is 1.11. The minimum Gasteiger partial charge on any atom is -0.481 e. The number of rotatable bonds is 5. The predicted molar refractivity (Wildman–Crippen MR) is 88.4 cm³/mol. The Morgan fingerprint density at radius 3 is 2.65 bits per heavy atom. The Bertz CT molecular complexity index is 994. The van der Waals surface area contributed by atoms with Crippen molar-refractivity contribution in [3.05, 3.63) is 71.6 Å². The second-order valence-corrected chi connectivity index (χ2v) is 5.56. The normalized spacial score (nSPS) is 11.9. The smallest absolute Gasteiger partial charge is 0.305 e. The van der Waals surface area contributed by atoms with Crippen LogP contribution in [0.25, 0.3) is 11.0 Å². The van der Waals surface area contributed by atoms with E-state index in [9.17, 15) is 18.4 Å². The average molecular weight is 357 g/mol. The van der Waals surface area contributed by atoms with Crippen molar-refractivity contribution < 1.29 is 23.5 Å². The fourth-order valence-electron chi connectivity index (χ4n) is 2.52. The molecule has 8 heteroatoms. The molecule has 1 atom stereocenters. The Labute approximate surface area is 146 Å². The number of pyridine rings is 2. The van der Waals surface area contributed by atoms with Gasteiger partial charge in [0.25, 0.3) is 5.91 Å². The summed E-state index contributed by atoms with van der Waals surface area (Å²) in [6, 6.07) is 6.51. The highest BCUT2D eigenvalue weighted by Crippen LogP contribution is 2.22. The molecule has 2 heterocycles. The third-order valence-corrected chi connectivity index (χ3v) is 3.74. The van der Waals surface area contributed by atoms with Crippen LogP contribution in [0.4, 0.5) is 8.78 Å². The quantitative estimate of drug-likeness (QED) is 0.733. The van der Waals surface area contributed by atoms with Crippen molar-refractivity contribution in [3.63, 3.8) is 0 Å². The van der Waals surface area contributed by atoms with Crippen LogP contribution in [-0.2, 0) is 4.79 Å². The van der Waals surface area contributed by atoms with Gasteiger partial charge in [-0.25, -0.2) is 8.78 Å². The summed E-state index contributed by atoms with van der Waals surface area (Å²) in [6.07, 6.45) is 2.30. The first kappa shape index (κ1) is 17.4. The maximum absolute atomic E-state index is 14.0. The molecule has 6 nitrogen and oxygen atoms in total. The zero-order valence-corrected chi connectivity index (χ0v) is 13.3. The van der Waals surface area contributed by atoms with Crippen LogP contribution in [0.2, 0.25) is 0 Å². The molecule has 0 aliphatic carbocycles. The summed E-state index contributed by atoms with van der Waals surface area (Å²) in [4.78, 5) is 31.8. The first-order chi connectivity index (χ1) is 12.4. The van der Waals surface area contributed by atoms with Gasteiger partial charge < -0.3 is 10.4 Å². The van der Waals surface area contributed by atoms with E-state index < -0.39 is 36.0 Å². The van der Waals surface area contributed by atoms with Gasteiger partial charge in [-0.2, -0.15) is 0 Å². The van der Waals surface area contributed by atoms with Crippen LogP contribution in [0, 0.1) is 11.6 Å². The van der Waals surface area contributed by atoms with Crippen LogP contribution in [0.5, 0.6) is 0 Å². The molecule has 0 bridgehead atoms. The van der Waals surface area contributed by atoms with Crippen LogP contribution < -0.4 is 5.32 Å². The minimum atomic E-state index is -1.24. The van der Waals surface area contributed by atoms with Gasteiger partial charge >= 0.3 is 5.97 Å². The summed E-state index contributed by atoms with van der Waals surface area (Å²) in [7, 11) is 0. The summed E-state index contributed by atoms with van der Waals surface area (Å²) < 4.78 is 27.1. The van der Waals surface area contributed by atoms with Crippen LogP contribution in [-0.4, -0.2) is 27.0 Å². The molecule has 2 N–H and O–H groups in total. The lowest BCUT2D eigenvalue weighted by molar-refractivity contribution is -0.137. The zero-order valence-electron chi connectivity index (χ0n) is 13.3. The number of aromatic nitrogens is 2. The van der Waals surface area contributed by atoms with Gasteiger partial charge in [-0.1, -0.05) is 6.07 Å². The topological polar surface area (TPSA) is 92.2 Å². The van der Waals surface area contributed by atoms with Crippen molar-refractivity contribution in [2.24, 2.45) is 0 Å². The minimum absolute atomic E-state index is 0.117. The number of benzene rings is 1. The predicted octanol–water partition coefficient (Wildman–Crippen LogP) is 2.85. The van der Waals surface area contributed by atoms with E-state index in [4.69, 9.17) is 5.11 Å². The van der Waals surface area contributed by atoms with Crippen LogP contribution in [0.1, 0.15) is 28.4 Å². The largest absolute Gasteiger partial charge is 0.481 e. The Morgan fingerprint density at radius 1 is 1.12 bits per heavy atom. The van der Waals surface area contributed by atoms with E-state index >= 15 is 0 Å². The molecule has 1 aromatic carbocycles. The third kappa shape index (κ3) is 3.80. The number of carboxylic acids is 1. The SMILES string of the molecule is O=C(O)CC(NC(=O)c1cnc2cccnc2c1)c1ccc(F)cc1F. The number of hydrogen-bond acceptors (Lipinski definition) is 4. The van der Waals surface area contributed by atoms with Gasteiger partial charge in [0, 0.05) is 24.0 Å². The second kappa shape index (κ2) is 7.22. The number of fused-ring (bicyclic) bond motifs is 1. The molecule has 0 aliphatic heterocycles. The standard InChI is InChI=1S/C18H13F2N3O3/c19-11-3-4-12(13(20)7-11)15(8-17(24)25)23-18(26)10-6-16-14(22-9-10)2-1-5-21-16/h1-7,9,15H,8H2,(H,23,26)(H,24,25). The van der Waals surface area contributed by atoms with E-state index in [-0.39, 0.29) is 11.1 Å². The Balaban J connectivity index is 1.89. The number of carbonyl (C=O) groups excluding carboxylic acids is 1. The second-order valence-electron chi connectivity index (χ2n) is 5.56. The lowest BCUT2D eigenvalue weighted by atomic mass is 10.0. The molecule has 0 spiro atoms. The maximum Gasteiger partial charge on any atom is 0.305 e. The van der Waals surface area contributed by atoms with Crippen molar-refractivity contribution in [1.29, 1.82) is 0 Å². The van der Waals surface area contributed by atoms with Crippen molar-refractivity contribution in [2.75, 3.05) is 0 Å². The molecule has 0 radical (unpaired) electrons. The molecule has 3 aromatic rings. The van der Waals surface area contributed by atoms with E-state index in [2.05, 4.69) is 15.3 Å². The van der Waals surface area contributed by atoms with Gasteiger partial charge in [0.1, 0.15) is 11.6 Å². The number of nitrogens with zero attached hydrogens (tertiary/aromatic N) is 2. The maximum atomic E-state index is 14.0. The zero-order chi connectivity index (χ0) is 18.7. The van der Waals surface area contributed by atoms with Gasteiger partial charge in [-0.05, 0) is 24.3 Å². The fraction of sp³-hybridized carbons (Fsp3) is 0.111. The summed E-state index contributed by atoms with van der Waals surface area (Å²) in [6.45, 7) is 0. The van der Waals surface area contributed by atoms with Crippen molar-refractivity contribution in [1.82, 2.24) is 15.3 Å². The highest BCUT2D eigenvalue weighted by atomic mass is 19.1. The van der Waals surface area contributed by atoms with Crippen LogP contribution >= 0.6 is 0 Å². The molecule has 0 saturated heterocycles. The Hall–Kier alpha value is -3.42. The van der Waals surface area contributed by atoms with Gasteiger partial charge in [0.15, 0.2) is 0 Å². The van der Waals surface area contributed by atoms with E-state index in [1.54, 1.807) is 18.3 Å². The molecule has 0 fully saturated rings. The van der Waals surface area contributed by atoms with Gasteiger partial charge in [0.05, 0.1) is 29.1 Å². The molecular weight excluding hydrogens is 344 g/mol. The number of carbonyl (C=O) groups is 2. The molecule has 26 heavy (non-hydrogen) atoms. The van der Waals surface area contributed by atoms with Crippen molar-refractivity contribution in [3.8, 4) is 0 Å². The number of carboxylic acid groups (broad SMARTS) is 1. The van der Waals surface area contributed by atoms with Crippen LogP contribution in [0.15, 0.2) is 48.8 Å². The van der Waals surface area contributed by atoms with E-state index in [1.807, 2.05) is 0 Å². The highest BCUT2D eigenvalue weighted by Gasteiger charge is 2.22. The Morgan fingerprint density at radius 2 is 1.92 bits per heavy atom. The average Bonchev–Trinajstić information content (AvgIpc) is 2.60. The molecular formula is C18H13F2N3O3. The number of halogens is 2. The lowest BCUT2D eigenvalue weighted by Crippen LogP contribution is -2.31. The molecule has 0 aliphatic rings. The van der Waals surface area contributed by atoms with E-state index in [1.165, 1.54) is 12.3 Å². The van der Waals surface area contributed by atoms with Crippen molar-refractivity contribution in [2.45, 2.75) is 12.5 Å². The fourth-order valence-corrected chi connectivity index (χ4v) is 2.52. The summed E-state index contributed by atoms with van der Waals surface area (Å²) >= 11 is 0. The van der Waals surface area contributed by atoms with Gasteiger partial charge in [-0.3, -0.25) is 19.6 Å². The van der Waals surface area contributed by atoms with Gasteiger partial charge in [0.2, 0.25) is 0 Å². The molecule has 0 saturated carbocycles. The molecule has 3 rings (SSSR count). The molecule has 1 amide bonds. The lowest BCUT2D eigenvalue weighted by Gasteiger charge is -2.18. The molecule has 132 valence electrons. The summed E-state index contributed by atoms with van der Waals surface area (Å²) in [5.74, 6) is -3.61.